The van der Waals surface area contributed by atoms with Crippen LogP contribution in [0.4, 0.5) is 11.4 Å². The minimum atomic E-state index is -2.85. The third-order valence-corrected chi connectivity index (χ3v) is 8.98. The smallest absolute Gasteiger partial charge is 0.153 e. The van der Waals surface area contributed by atoms with Gasteiger partial charge in [0.25, 0.3) is 0 Å². The van der Waals surface area contributed by atoms with Crippen LogP contribution in [0.15, 0.2) is 24.3 Å². The molecule has 0 unspecified atom stereocenters. The highest BCUT2D eigenvalue weighted by Crippen LogP contribution is 2.52. The van der Waals surface area contributed by atoms with Crippen molar-refractivity contribution in [3.05, 3.63) is 24.3 Å². The topological polar surface area (TPSA) is 67.7 Å². The maximum absolute atomic E-state index is 11.7. The summed E-state index contributed by atoms with van der Waals surface area (Å²) in [5.41, 5.74) is 2.90. The average molecular weight is 417 g/mol. The minimum Gasteiger partial charge on any atom is -0.370 e. The standard InChI is InChI=1S/C22H32N4O2S/c1-21-15-24(10-4-3-9-23)16-22(21,2)18-26(17-21)20-7-5-19(6-8-20)25-11-13-29(27,28)14-12-25/h5-8H,3-4,10-18H2,1-2H3/t21-,22+. The molecule has 0 saturated carbocycles. The second-order valence-corrected chi connectivity index (χ2v) is 11.9. The van der Waals surface area contributed by atoms with Gasteiger partial charge in [-0.3, -0.25) is 0 Å². The molecule has 2 atom stereocenters. The van der Waals surface area contributed by atoms with Crippen molar-refractivity contribution in [1.82, 2.24) is 4.90 Å². The molecular weight excluding hydrogens is 384 g/mol. The average Bonchev–Trinajstić information content (AvgIpc) is 3.06. The Kier molecular flexibility index (Phi) is 5.28. The summed E-state index contributed by atoms with van der Waals surface area (Å²) in [4.78, 5) is 7.23. The predicted molar refractivity (Wildman–Crippen MR) is 117 cm³/mol. The van der Waals surface area contributed by atoms with Crippen LogP contribution in [-0.4, -0.2) is 70.6 Å². The largest absolute Gasteiger partial charge is 0.370 e. The maximum Gasteiger partial charge on any atom is 0.153 e. The lowest BCUT2D eigenvalue weighted by molar-refractivity contribution is 0.212. The van der Waals surface area contributed by atoms with Crippen molar-refractivity contribution in [3.8, 4) is 6.07 Å². The highest BCUT2D eigenvalue weighted by Gasteiger charge is 2.57. The molecule has 7 heteroatoms. The lowest BCUT2D eigenvalue weighted by atomic mass is 9.71. The third kappa shape index (κ3) is 3.97. The van der Waals surface area contributed by atoms with Crippen molar-refractivity contribution < 1.29 is 8.42 Å². The van der Waals surface area contributed by atoms with Gasteiger partial charge in [0, 0.05) is 67.9 Å². The molecule has 0 amide bonds. The van der Waals surface area contributed by atoms with Crippen LogP contribution in [0, 0.1) is 22.2 Å². The number of nitriles is 1. The van der Waals surface area contributed by atoms with Gasteiger partial charge in [0.1, 0.15) is 0 Å². The van der Waals surface area contributed by atoms with Crippen LogP contribution in [-0.2, 0) is 9.84 Å². The zero-order valence-corrected chi connectivity index (χ0v) is 18.4. The molecular formula is C22H32N4O2S. The molecule has 1 aromatic carbocycles. The Labute approximate surface area is 175 Å². The van der Waals surface area contributed by atoms with Gasteiger partial charge in [-0.2, -0.15) is 5.26 Å². The van der Waals surface area contributed by atoms with E-state index in [0.717, 1.165) is 44.8 Å². The molecule has 0 N–H and O–H groups in total. The van der Waals surface area contributed by atoms with Gasteiger partial charge >= 0.3 is 0 Å². The molecule has 1 aromatic rings. The number of rotatable bonds is 5. The number of nitrogens with zero attached hydrogens (tertiary/aromatic N) is 4. The number of unbranched alkanes of at least 4 members (excludes halogenated alkanes) is 1. The number of anilines is 2. The molecule has 4 rings (SSSR count). The highest BCUT2D eigenvalue weighted by molar-refractivity contribution is 7.91. The van der Waals surface area contributed by atoms with E-state index in [2.05, 4.69) is 58.9 Å². The molecule has 0 spiro atoms. The Morgan fingerprint density at radius 2 is 1.45 bits per heavy atom. The lowest BCUT2D eigenvalue weighted by Crippen LogP contribution is -2.40. The van der Waals surface area contributed by atoms with Gasteiger partial charge in [0.05, 0.1) is 17.6 Å². The first-order valence-corrected chi connectivity index (χ1v) is 12.5. The van der Waals surface area contributed by atoms with E-state index in [0.29, 0.717) is 19.5 Å². The number of fused-ring (bicyclic) bond motifs is 1. The molecule has 0 radical (unpaired) electrons. The third-order valence-electron chi connectivity index (χ3n) is 7.37. The van der Waals surface area contributed by atoms with E-state index in [9.17, 15) is 8.42 Å². The summed E-state index contributed by atoms with van der Waals surface area (Å²) in [6.45, 7) is 11.3. The SMILES string of the molecule is C[C@@]12CN(CCCC#N)C[C@]1(C)CN(c1ccc(N3CCS(=O)(=O)CC3)cc1)C2. The van der Waals surface area contributed by atoms with Crippen molar-refractivity contribution in [2.24, 2.45) is 10.8 Å². The van der Waals surface area contributed by atoms with Crippen molar-refractivity contribution in [2.75, 3.05) is 67.1 Å². The summed E-state index contributed by atoms with van der Waals surface area (Å²) in [5, 5.41) is 8.78. The van der Waals surface area contributed by atoms with Gasteiger partial charge in [-0.15, -0.1) is 0 Å². The lowest BCUT2D eigenvalue weighted by Gasteiger charge is -2.30. The molecule has 3 aliphatic heterocycles. The van der Waals surface area contributed by atoms with Gasteiger partial charge < -0.3 is 14.7 Å². The van der Waals surface area contributed by atoms with Crippen LogP contribution in [0.3, 0.4) is 0 Å². The van der Waals surface area contributed by atoms with E-state index in [1.807, 2.05) is 0 Å². The number of benzene rings is 1. The normalized spacial score (nSPS) is 31.6. The van der Waals surface area contributed by atoms with Crippen LogP contribution in [0.25, 0.3) is 0 Å². The number of hydrogen-bond acceptors (Lipinski definition) is 6. The summed E-state index contributed by atoms with van der Waals surface area (Å²) in [5.74, 6) is 0.505. The molecule has 3 fully saturated rings. The maximum atomic E-state index is 11.7. The van der Waals surface area contributed by atoms with Crippen LogP contribution in [0.1, 0.15) is 26.7 Å². The fourth-order valence-electron chi connectivity index (χ4n) is 5.37. The Morgan fingerprint density at radius 3 is 1.97 bits per heavy atom. The second-order valence-electron chi connectivity index (χ2n) is 9.60. The molecule has 0 bridgehead atoms. The Balaban J connectivity index is 1.39. The van der Waals surface area contributed by atoms with Crippen LogP contribution < -0.4 is 9.80 Å². The van der Waals surface area contributed by atoms with Crippen molar-refractivity contribution in [2.45, 2.75) is 26.7 Å². The Bertz CT molecular complexity index is 860. The monoisotopic (exact) mass is 416 g/mol. The first-order valence-electron chi connectivity index (χ1n) is 10.6. The molecule has 158 valence electrons. The van der Waals surface area contributed by atoms with Gasteiger partial charge in [0.15, 0.2) is 9.84 Å². The first-order chi connectivity index (χ1) is 13.7. The van der Waals surface area contributed by atoms with Crippen molar-refractivity contribution in [3.63, 3.8) is 0 Å². The van der Waals surface area contributed by atoms with Gasteiger partial charge in [0.2, 0.25) is 0 Å². The van der Waals surface area contributed by atoms with E-state index < -0.39 is 9.84 Å². The second kappa shape index (κ2) is 7.48. The van der Waals surface area contributed by atoms with Gasteiger partial charge in [-0.25, -0.2) is 8.42 Å². The molecule has 0 aromatic heterocycles. The summed E-state index contributed by atoms with van der Waals surface area (Å²) in [6.07, 6.45) is 1.61. The van der Waals surface area contributed by atoms with E-state index in [-0.39, 0.29) is 22.3 Å². The number of sulfone groups is 1. The van der Waals surface area contributed by atoms with E-state index in [1.165, 1.54) is 5.69 Å². The van der Waals surface area contributed by atoms with E-state index in [1.54, 1.807) is 0 Å². The van der Waals surface area contributed by atoms with Crippen LogP contribution in [0.5, 0.6) is 0 Å². The quantitative estimate of drug-likeness (QED) is 0.687. The van der Waals surface area contributed by atoms with Gasteiger partial charge in [-0.1, -0.05) is 13.8 Å². The zero-order valence-electron chi connectivity index (χ0n) is 17.6. The number of hydrogen-bond donors (Lipinski definition) is 0. The van der Waals surface area contributed by atoms with E-state index in [4.69, 9.17) is 5.26 Å². The van der Waals surface area contributed by atoms with Crippen molar-refractivity contribution >= 4 is 21.2 Å². The fraction of sp³-hybridized carbons (Fsp3) is 0.682. The molecule has 3 heterocycles. The predicted octanol–water partition coefficient (Wildman–Crippen LogP) is 2.37. The molecule has 3 aliphatic rings. The Morgan fingerprint density at radius 1 is 0.931 bits per heavy atom. The fourth-order valence-corrected chi connectivity index (χ4v) is 6.57. The summed E-state index contributed by atoms with van der Waals surface area (Å²) >= 11 is 0. The van der Waals surface area contributed by atoms with Crippen LogP contribution in [0.2, 0.25) is 0 Å². The number of likely N-dealkylation sites (tertiary alicyclic amines) is 1. The Hall–Kier alpha value is -1.78. The van der Waals surface area contributed by atoms with E-state index >= 15 is 0 Å². The van der Waals surface area contributed by atoms with Crippen molar-refractivity contribution in [1.29, 1.82) is 5.26 Å². The molecule has 3 saturated heterocycles. The molecule has 29 heavy (non-hydrogen) atoms. The molecule has 6 nitrogen and oxygen atoms in total. The minimum absolute atomic E-state index is 0.252. The highest BCUT2D eigenvalue weighted by atomic mass is 32.2. The summed E-state index contributed by atoms with van der Waals surface area (Å²) < 4.78 is 23.3. The van der Waals surface area contributed by atoms with Crippen LogP contribution >= 0.6 is 0 Å². The summed E-state index contributed by atoms with van der Waals surface area (Å²) in [7, 11) is -2.85. The summed E-state index contributed by atoms with van der Waals surface area (Å²) in [6, 6.07) is 10.9. The first kappa shape index (κ1) is 20.5. The molecule has 0 aliphatic carbocycles. The van der Waals surface area contributed by atoms with Gasteiger partial charge in [-0.05, 0) is 37.2 Å². The zero-order chi connectivity index (χ0) is 20.7.